The summed E-state index contributed by atoms with van der Waals surface area (Å²) < 4.78 is 1.48. The van der Waals surface area contributed by atoms with Crippen molar-refractivity contribution < 1.29 is 4.79 Å². The maximum Gasteiger partial charge on any atom is 0.242 e. The Morgan fingerprint density at radius 1 is 1.79 bits per heavy atom. The topological polar surface area (TPSA) is 72.9 Å². The van der Waals surface area contributed by atoms with Crippen molar-refractivity contribution in [3.05, 3.63) is 12.3 Å². The first-order chi connectivity index (χ1) is 6.72. The van der Waals surface area contributed by atoms with E-state index < -0.39 is 0 Å². The summed E-state index contributed by atoms with van der Waals surface area (Å²) in [6.07, 6.45) is 1.65. The highest BCUT2D eigenvalue weighted by molar-refractivity contribution is 5.75. The van der Waals surface area contributed by atoms with E-state index >= 15 is 0 Å². The number of nitrogens with two attached hydrogens (primary N) is 1. The van der Waals surface area contributed by atoms with Gasteiger partial charge in [0.2, 0.25) is 5.91 Å². The van der Waals surface area contributed by atoms with Crippen LogP contribution in [-0.4, -0.2) is 22.2 Å². The Bertz CT molecular complexity index is 372. The van der Waals surface area contributed by atoms with Crippen LogP contribution in [-0.2, 0) is 11.3 Å². The zero-order valence-corrected chi connectivity index (χ0v) is 7.95. The van der Waals surface area contributed by atoms with Crippen LogP contribution < -0.4 is 11.1 Å². The van der Waals surface area contributed by atoms with E-state index in [0.717, 1.165) is 0 Å². The number of nitrogen functional groups attached to an aromatic ring is 1. The highest BCUT2D eigenvalue weighted by Gasteiger charge is 2.01. The minimum absolute atomic E-state index is 0.129. The second-order valence-electron chi connectivity index (χ2n) is 2.64. The standard InChI is InChI=1S/C9H12N4O/c1-2-3-5-11-9(14)7-13-6-4-8(10)12-13/h4,6H,5,7H2,1H3,(H2,10,12)(H,11,14). The van der Waals surface area contributed by atoms with Crippen LogP contribution in [0.1, 0.15) is 6.92 Å². The van der Waals surface area contributed by atoms with Crippen molar-refractivity contribution in [3.8, 4) is 11.8 Å². The number of amides is 1. The lowest BCUT2D eigenvalue weighted by Gasteiger charge is -2.00. The molecule has 74 valence electrons. The number of nitrogens with one attached hydrogen (secondary N) is 1. The van der Waals surface area contributed by atoms with Crippen LogP contribution in [0.2, 0.25) is 0 Å². The lowest BCUT2D eigenvalue weighted by atomic mass is 10.5. The maximum absolute atomic E-state index is 11.2. The van der Waals surface area contributed by atoms with Crippen LogP contribution in [0, 0.1) is 11.8 Å². The van der Waals surface area contributed by atoms with E-state index in [9.17, 15) is 4.79 Å². The molecular weight excluding hydrogens is 180 g/mol. The Morgan fingerprint density at radius 3 is 3.14 bits per heavy atom. The number of hydrogen-bond acceptors (Lipinski definition) is 3. The van der Waals surface area contributed by atoms with Crippen LogP contribution in [0.3, 0.4) is 0 Å². The van der Waals surface area contributed by atoms with Gasteiger partial charge in [0.1, 0.15) is 12.4 Å². The molecule has 3 N–H and O–H groups in total. The van der Waals surface area contributed by atoms with Gasteiger partial charge in [0.05, 0.1) is 6.54 Å². The van der Waals surface area contributed by atoms with Gasteiger partial charge in [0, 0.05) is 6.20 Å². The maximum atomic E-state index is 11.2. The van der Waals surface area contributed by atoms with Crippen LogP contribution in [0.25, 0.3) is 0 Å². The second-order valence-corrected chi connectivity index (χ2v) is 2.64. The smallest absolute Gasteiger partial charge is 0.242 e. The molecule has 1 aromatic rings. The lowest BCUT2D eigenvalue weighted by Crippen LogP contribution is -2.28. The summed E-state index contributed by atoms with van der Waals surface area (Å²) in [7, 11) is 0. The van der Waals surface area contributed by atoms with Crippen molar-refractivity contribution in [2.45, 2.75) is 13.5 Å². The summed E-state index contributed by atoms with van der Waals surface area (Å²) in [6, 6.07) is 1.64. The molecule has 1 aromatic heterocycles. The molecule has 0 saturated carbocycles. The summed E-state index contributed by atoms with van der Waals surface area (Å²) in [4.78, 5) is 11.2. The number of anilines is 1. The van der Waals surface area contributed by atoms with E-state index in [1.165, 1.54) is 4.68 Å². The lowest BCUT2D eigenvalue weighted by molar-refractivity contribution is -0.121. The molecule has 0 unspecified atom stereocenters. The third-order valence-electron chi connectivity index (χ3n) is 1.52. The molecule has 14 heavy (non-hydrogen) atoms. The molecule has 5 heteroatoms. The fraction of sp³-hybridized carbons (Fsp3) is 0.333. The van der Waals surface area contributed by atoms with E-state index in [2.05, 4.69) is 22.3 Å². The quantitative estimate of drug-likeness (QED) is 0.640. The molecule has 0 saturated heterocycles. The normalized spacial score (nSPS) is 8.93. The molecule has 0 aromatic carbocycles. The van der Waals surface area contributed by atoms with Crippen LogP contribution in [0.4, 0.5) is 5.82 Å². The highest BCUT2D eigenvalue weighted by atomic mass is 16.2. The van der Waals surface area contributed by atoms with Gasteiger partial charge in [-0.3, -0.25) is 9.48 Å². The minimum Gasteiger partial charge on any atom is -0.382 e. The summed E-state index contributed by atoms with van der Waals surface area (Å²) >= 11 is 0. The Hall–Kier alpha value is -1.96. The van der Waals surface area contributed by atoms with Gasteiger partial charge >= 0.3 is 0 Å². The van der Waals surface area contributed by atoms with Gasteiger partial charge < -0.3 is 11.1 Å². The fourth-order valence-electron chi connectivity index (χ4n) is 0.900. The number of aromatic nitrogens is 2. The highest BCUT2D eigenvalue weighted by Crippen LogP contribution is 1.94. The van der Waals surface area contributed by atoms with Gasteiger partial charge in [-0.25, -0.2) is 0 Å². The van der Waals surface area contributed by atoms with Gasteiger partial charge in [-0.05, 0) is 13.0 Å². The van der Waals surface area contributed by atoms with Crippen LogP contribution in [0.5, 0.6) is 0 Å². The van der Waals surface area contributed by atoms with Gasteiger partial charge in [-0.2, -0.15) is 5.10 Å². The van der Waals surface area contributed by atoms with Crippen molar-refractivity contribution in [3.63, 3.8) is 0 Å². The molecule has 5 nitrogen and oxygen atoms in total. The first-order valence-corrected chi connectivity index (χ1v) is 4.17. The third-order valence-corrected chi connectivity index (χ3v) is 1.52. The molecule has 0 spiro atoms. The summed E-state index contributed by atoms with van der Waals surface area (Å²) in [5, 5.41) is 6.50. The van der Waals surface area contributed by atoms with Gasteiger partial charge in [0.25, 0.3) is 0 Å². The molecular formula is C9H12N4O. The summed E-state index contributed by atoms with van der Waals surface area (Å²) in [6.45, 7) is 2.26. The summed E-state index contributed by atoms with van der Waals surface area (Å²) in [5.41, 5.74) is 5.39. The Balaban J connectivity index is 2.36. The average Bonchev–Trinajstić information content (AvgIpc) is 2.52. The van der Waals surface area contributed by atoms with Gasteiger partial charge in [-0.15, -0.1) is 5.92 Å². The molecule has 0 radical (unpaired) electrons. The first kappa shape index (κ1) is 10.1. The second kappa shape index (κ2) is 4.92. The number of nitrogens with zero attached hydrogens (tertiary/aromatic N) is 2. The summed E-state index contributed by atoms with van der Waals surface area (Å²) in [5.74, 6) is 5.70. The van der Waals surface area contributed by atoms with E-state index in [1.807, 2.05) is 0 Å². The van der Waals surface area contributed by atoms with E-state index in [0.29, 0.717) is 12.4 Å². The Kier molecular flexibility index (Phi) is 3.56. The Labute approximate surface area is 82.3 Å². The third kappa shape index (κ3) is 3.19. The van der Waals surface area contributed by atoms with Crippen LogP contribution in [0.15, 0.2) is 12.3 Å². The van der Waals surface area contributed by atoms with Crippen molar-refractivity contribution >= 4 is 11.7 Å². The number of hydrogen-bond donors (Lipinski definition) is 2. The monoisotopic (exact) mass is 192 g/mol. The zero-order chi connectivity index (χ0) is 10.4. The predicted molar refractivity (Wildman–Crippen MR) is 53.1 cm³/mol. The van der Waals surface area contributed by atoms with Crippen molar-refractivity contribution in [2.24, 2.45) is 0 Å². The van der Waals surface area contributed by atoms with Gasteiger partial charge in [0.15, 0.2) is 0 Å². The van der Waals surface area contributed by atoms with Crippen LogP contribution >= 0.6 is 0 Å². The number of rotatable bonds is 3. The molecule has 1 heterocycles. The molecule has 1 rings (SSSR count). The molecule has 0 bridgehead atoms. The minimum atomic E-state index is -0.129. The fourth-order valence-corrected chi connectivity index (χ4v) is 0.900. The average molecular weight is 192 g/mol. The van der Waals surface area contributed by atoms with E-state index in [4.69, 9.17) is 5.73 Å². The number of carbonyl (C=O) groups is 1. The largest absolute Gasteiger partial charge is 0.382 e. The molecule has 0 fully saturated rings. The molecule has 0 aliphatic carbocycles. The van der Waals surface area contributed by atoms with E-state index in [1.54, 1.807) is 19.2 Å². The zero-order valence-electron chi connectivity index (χ0n) is 7.95. The molecule has 1 amide bonds. The van der Waals surface area contributed by atoms with Gasteiger partial charge in [-0.1, -0.05) is 5.92 Å². The number of carbonyl (C=O) groups excluding carboxylic acids is 1. The Morgan fingerprint density at radius 2 is 2.57 bits per heavy atom. The van der Waals surface area contributed by atoms with Crippen molar-refractivity contribution in [1.29, 1.82) is 0 Å². The predicted octanol–water partition coefficient (Wildman–Crippen LogP) is -0.395. The molecule has 0 aliphatic rings. The molecule has 0 atom stereocenters. The first-order valence-electron chi connectivity index (χ1n) is 4.17. The van der Waals surface area contributed by atoms with E-state index in [-0.39, 0.29) is 12.5 Å². The van der Waals surface area contributed by atoms with Crippen molar-refractivity contribution in [2.75, 3.05) is 12.3 Å². The molecule has 0 aliphatic heterocycles. The SMILES string of the molecule is CC#CCNC(=O)Cn1ccc(N)n1. The van der Waals surface area contributed by atoms with Crippen molar-refractivity contribution in [1.82, 2.24) is 15.1 Å².